The lowest BCUT2D eigenvalue weighted by atomic mass is 10.0. The largest absolute Gasteiger partial charge is 0.496 e. The predicted octanol–water partition coefficient (Wildman–Crippen LogP) is 4.92. The first-order valence-corrected chi connectivity index (χ1v) is 8.54. The van der Waals surface area contributed by atoms with E-state index in [1.54, 1.807) is 7.11 Å². The minimum atomic E-state index is 0.262. The molecule has 0 amide bonds. The molecule has 0 radical (unpaired) electrons. The summed E-state index contributed by atoms with van der Waals surface area (Å²) in [5.41, 5.74) is 6.04. The number of ether oxygens (including phenoxy) is 1. The normalized spacial score (nSPS) is 12.0. The van der Waals surface area contributed by atoms with Crippen molar-refractivity contribution in [1.29, 1.82) is 0 Å². The fourth-order valence-electron chi connectivity index (χ4n) is 2.89. The van der Waals surface area contributed by atoms with Crippen molar-refractivity contribution in [2.45, 2.75) is 26.4 Å². The summed E-state index contributed by atoms with van der Waals surface area (Å²) in [7, 11) is 1.72. The Morgan fingerprint density at radius 1 is 0.960 bits per heavy atom. The van der Waals surface area contributed by atoms with Gasteiger partial charge >= 0.3 is 0 Å². The first-order valence-electron chi connectivity index (χ1n) is 8.54. The first kappa shape index (κ1) is 17.2. The summed E-state index contributed by atoms with van der Waals surface area (Å²) in [5.74, 6) is 0.938. The van der Waals surface area contributed by atoms with E-state index in [4.69, 9.17) is 4.74 Å². The topological polar surface area (TPSA) is 34.1 Å². The summed E-state index contributed by atoms with van der Waals surface area (Å²) >= 11 is 0. The molecule has 25 heavy (non-hydrogen) atoms. The van der Waals surface area contributed by atoms with Gasteiger partial charge in [-0.1, -0.05) is 36.4 Å². The number of methoxy groups -OCH3 is 1. The molecule has 1 aromatic heterocycles. The van der Waals surface area contributed by atoms with Gasteiger partial charge in [-0.05, 0) is 54.3 Å². The van der Waals surface area contributed by atoms with E-state index in [9.17, 15) is 0 Å². The van der Waals surface area contributed by atoms with Crippen LogP contribution in [-0.4, -0.2) is 12.1 Å². The number of aryl methyl sites for hydroxylation is 1. The summed E-state index contributed by atoms with van der Waals surface area (Å²) in [4.78, 5) is 4.07. The molecule has 0 saturated heterocycles. The van der Waals surface area contributed by atoms with E-state index in [1.165, 1.54) is 27.8 Å². The SMILES string of the molecule is COc1cc(C)ccc1CNC(C)c1ccc(-c2ccncc2)cc1. The van der Waals surface area contributed by atoms with Crippen molar-refractivity contribution < 1.29 is 4.74 Å². The fraction of sp³-hybridized carbons (Fsp3) is 0.227. The zero-order chi connectivity index (χ0) is 17.6. The Morgan fingerprint density at radius 2 is 1.64 bits per heavy atom. The summed E-state index contributed by atoms with van der Waals surface area (Å²) in [6.45, 7) is 5.03. The number of rotatable bonds is 6. The maximum Gasteiger partial charge on any atom is 0.123 e. The van der Waals surface area contributed by atoms with Gasteiger partial charge in [0.25, 0.3) is 0 Å². The van der Waals surface area contributed by atoms with Gasteiger partial charge in [-0.2, -0.15) is 0 Å². The van der Waals surface area contributed by atoms with Crippen molar-refractivity contribution in [3.63, 3.8) is 0 Å². The number of hydrogen-bond donors (Lipinski definition) is 1. The van der Waals surface area contributed by atoms with Gasteiger partial charge < -0.3 is 10.1 Å². The number of pyridine rings is 1. The third kappa shape index (κ3) is 4.25. The van der Waals surface area contributed by atoms with Gasteiger partial charge in [-0.3, -0.25) is 4.98 Å². The first-order chi connectivity index (χ1) is 12.2. The lowest BCUT2D eigenvalue weighted by Crippen LogP contribution is -2.18. The highest BCUT2D eigenvalue weighted by Crippen LogP contribution is 2.23. The lowest BCUT2D eigenvalue weighted by molar-refractivity contribution is 0.405. The number of nitrogens with one attached hydrogen (secondary N) is 1. The van der Waals surface area contributed by atoms with Crippen molar-refractivity contribution in [3.05, 3.63) is 83.7 Å². The third-order valence-corrected chi connectivity index (χ3v) is 4.47. The van der Waals surface area contributed by atoms with Gasteiger partial charge in [0.1, 0.15) is 5.75 Å². The molecule has 1 N–H and O–H groups in total. The van der Waals surface area contributed by atoms with Crippen LogP contribution in [0.1, 0.15) is 29.7 Å². The summed E-state index contributed by atoms with van der Waals surface area (Å²) < 4.78 is 5.48. The highest BCUT2D eigenvalue weighted by atomic mass is 16.5. The van der Waals surface area contributed by atoms with Crippen molar-refractivity contribution in [2.24, 2.45) is 0 Å². The number of hydrogen-bond acceptors (Lipinski definition) is 3. The van der Waals surface area contributed by atoms with Crippen LogP contribution in [0.25, 0.3) is 11.1 Å². The monoisotopic (exact) mass is 332 g/mol. The smallest absolute Gasteiger partial charge is 0.123 e. The molecule has 3 heteroatoms. The van der Waals surface area contributed by atoms with Crippen LogP contribution >= 0.6 is 0 Å². The molecule has 1 atom stereocenters. The Morgan fingerprint density at radius 3 is 2.32 bits per heavy atom. The van der Waals surface area contributed by atoms with Crippen molar-refractivity contribution in [2.75, 3.05) is 7.11 Å². The number of nitrogens with zero attached hydrogens (tertiary/aromatic N) is 1. The molecule has 0 bridgehead atoms. The summed E-state index contributed by atoms with van der Waals surface area (Å²) in [5, 5.41) is 3.58. The predicted molar refractivity (Wildman–Crippen MR) is 103 cm³/mol. The molecule has 3 aromatic rings. The molecule has 0 fully saturated rings. The van der Waals surface area contributed by atoms with Crippen molar-refractivity contribution in [3.8, 4) is 16.9 Å². The van der Waals surface area contributed by atoms with E-state index in [0.717, 1.165) is 12.3 Å². The van der Waals surface area contributed by atoms with Gasteiger partial charge in [-0.15, -0.1) is 0 Å². The second-order valence-electron chi connectivity index (χ2n) is 6.28. The molecule has 2 aromatic carbocycles. The van der Waals surface area contributed by atoms with Crippen LogP contribution in [-0.2, 0) is 6.54 Å². The van der Waals surface area contributed by atoms with E-state index in [2.05, 4.69) is 66.6 Å². The molecular formula is C22H24N2O. The van der Waals surface area contributed by atoms with Gasteiger partial charge in [0.2, 0.25) is 0 Å². The average molecular weight is 332 g/mol. The van der Waals surface area contributed by atoms with Crippen LogP contribution in [0.3, 0.4) is 0 Å². The standard InChI is InChI=1S/C22H24N2O/c1-16-4-5-21(22(14-16)25-3)15-24-17(2)18-6-8-19(9-7-18)20-10-12-23-13-11-20/h4-14,17,24H,15H2,1-3H3. The Balaban J connectivity index is 1.66. The van der Waals surface area contributed by atoms with E-state index >= 15 is 0 Å². The Bertz CT molecular complexity index is 813. The molecule has 3 nitrogen and oxygen atoms in total. The highest BCUT2D eigenvalue weighted by Gasteiger charge is 2.08. The fourth-order valence-corrected chi connectivity index (χ4v) is 2.89. The average Bonchev–Trinajstić information content (AvgIpc) is 2.67. The lowest BCUT2D eigenvalue weighted by Gasteiger charge is -2.16. The molecule has 3 rings (SSSR count). The highest BCUT2D eigenvalue weighted by molar-refractivity contribution is 5.62. The number of benzene rings is 2. The van der Waals surface area contributed by atoms with Gasteiger partial charge in [0.05, 0.1) is 7.11 Å². The van der Waals surface area contributed by atoms with E-state index in [1.807, 2.05) is 24.5 Å². The molecule has 0 aliphatic carbocycles. The second kappa shape index (κ2) is 7.95. The molecule has 0 aliphatic rings. The molecule has 0 spiro atoms. The van der Waals surface area contributed by atoms with E-state index < -0.39 is 0 Å². The van der Waals surface area contributed by atoms with Crippen LogP contribution in [0.5, 0.6) is 5.75 Å². The van der Waals surface area contributed by atoms with Gasteiger partial charge in [-0.25, -0.2) is 0 Å². The summed E-state index contributed by atoms with van der Waals surface area (Å²) in [6, 6.07) is 19.3. The molecule has 0 saturated carbocycles. The van der Waals surface area contributed by atoms with Crippen LogP contribution < -0.4 is 10.1 Å². The maximum atomic E-state index is 5.48. The van der Waals surface area contributed by atoms with Crippen LogP contribution in [0.4, 0.5) is 0 Å². The second-order valence-corrected chi connectivity index (χ2v) is 6.28. The van der Waals surface area contributed by atoms with Crippen LogP contribution in [0, 0.1) is 6.92 Å². The minimum Gasteiger partial charge on any atom is -0.496 e. The maximum absolute atomic E-state index is 5.48. The Hall–Kier alpha value is -2.65. The van der Waals surface area contributed by atoms with Crippen LogP contribution in [0.2, 0.25) is 0 Å². The summed E-state index contributed by atoms with van der Waals surface area (Å²) in [6.07, 6.45) is 3.64. The van der Waals surface area contributed by atoms with Crippen molar-refractivity contribution in [1.82, 2.24) is 10.3 Å². The van der Waals surface area contributed by atoms with E-state index in [0.29, 0.717) is 0 Å². The third-order valence-electron chi connectivity index (χ3n) is 4.47. The van der Waals surface area contributed by atoms with E-state index in [-0.39, 0.29) is 6.04 Å². The Labute approximate surface area is 149 Å². The van der Waals surface area contributed by atoms with Crippen LogP contribution in [0.15, 0.2) is 67.0 Å². The molecular weight excluding hydrogens is 308 g/mol. The Kier molecular flexibility index (Phi) is 5.46. The molecule has 1 unspecified atom stereocenters. The molecule has 1 heterocycles. The quantitative estimate of drug-likeness (QED) is 0.696. The van der Waals surface area contributed by atoms with Gasteiger partial charge in [0, 0.05) is 30.5 Å². The molecule has 128 valence electrons. The van der Waals surface area contributed by atoms with Gasteiger partial charge in [0.15, 0.2) is 0 Å². The zero-order valence-corrected chi connectivity index (χ0v) is 15.0. The van der Waals surface area contributed by atoms with Crippen molar-refractivity contribution >= 4 is 0 Å². The number of aromatic nitrogens is 1. The molecule has 0 aliphatic heterocycles. The minimum absolute atomic E-state index is 0.262. The zero-order valence-electron chi connectivity index (χ0n) is 15.0.